The number of carboxylic acid groups (broad SMARTS) is 2. The van der Waals surface area contributed by atoms with Crippen molar-refractivity contribution >= 4 is 23.0 Å². The van der Waals surface area contributed by atoms with E-state index in [2.05, 4.69) is 92.9 Å². The van der Waals surface area contributed by atoms with Crippen LogP contribution in [0.4, 0.5) is 26.3 Å². The van der Waals surface area contributed by atoms with Gasteiger partial charge in [0.2, 0.25) is 0 Å². The van der Waals surface area contributed by atoms with Gasteiger partial charge in [0.1, 0.15) is 11.6 Å². The molecular formula is C33H31F6N5O5. The predicted molar refractivity (Wildman–Crippen MR) is 166 cm³/mol. The van der Waals surface area contributed by atoms with E-state index in [0.29, 0.717) is 5.92 Å². The third kappa shape index (κ3) is 9.59. The fourth-order valence-corrected chi connectivity index (χ4v) is 5.34. The number of imidazole rings is 1. The Morgan fingerprint density at radius 3 is 2.02 bits per heavy atom. The zero-order valence-corrected chi connectivity index (χ0v) is 26.0. The molecular weight excluding hydrogens is 660 g/mol. The number of aliphatic carboxylic acids is 2. The monoisotopic (exact) mass is 691 g/mol. The molecule has 260 valence electrons. The van der Waals surface area contributed by atoms with E-state index < -0.39 is 24.3 Å². The molecule has 0 aliphatic carbocycles. The third-order valence-electron chi connectivity index (χ3n) is 7.67. The Balaban J connectivity index is 0.000000327. The van der Waals surface area contributed by atoms with E-state index in [0.717, 1.165) is 59.1 Å². The molecule has 1 saturated heterocycles. The number of aryl methyl sites for hydroxylation is 1. The van der Waals surface area contributed by atoms with Gasteiger partial charge < -0.3 is 19.9 Å². The number of hydrogen-bond acceptors (Lipinski definition) is 6. The molecule has 0 amide bonds. The molecule has 16 heteroatoms. The number of rotatable bonds is 6. The van der Waals surface area contributed by atoms with E-state index in [-0.39, 0.29) is 5.92 Å². The van der Waals surface area contributed by atoms with E-state index in [1.807, 2.05) is 13.1 Å². The molecule has 1 aliphatic heterocycles. The average molecular weight is 692 g/mol. The molecule has 5 aromatic rings. The highest BCUT2D eigenvalue weighted by molar-refractivity contribution is 5.82. The number of carboxylic acids is 2. The molecule has 3 heterocycles. The summed E-state index contributed by atoms with van der Waals surface area (Å²) in [6, 6.07) is 25.6. The molecule has 0 radical (unpaired) electrons. The summed E-state index contributed by atoms with van der Waals surface area (Å²) < 4.78 is 68.9. The van der Waals surface area contributed by atoms with E-state index >= 15 is 0 Å². The number of aromatic amines is 2. The number of aromatic nitrogens is 4. The van der Waals surface area contributed by atoms with Crippen LogP contribution in [0.1, 0.15) is 34.5 Å². The van der Waals surface area contributed by atoms with Crippen LogP contribution in [0.3, 0.4) is 0 Å². The van der Waals surface area contributed by atoms with Crippen molar-refractivity contribution < 1.29 is 50.9 Å². The molecule has 10 nitrogen and oxygen atoms in total. The van der Waals surface area contributed by atoms with Gasteiger partial charge in [-0.15, -0.1) is 0 Å². The second kappa shape index (κ2) is 15.2. The minimum Gasteiger partial charge on any atom is -0.497 e. The normalized spacial score (nSPS) is 16.3. The number of halogens is 6. The molecule has 49 heavy (non-hydrogen) atoms. The van der Waals surface area contributed by atoms with Gasteiger partial charge in [-0.3, -0.25) is 10.00 Å². The van der Waals surface area contributed by atoms with Gasteiger partial charge in [0.05, 0.1) is 24.3 Å². The fraction of sp³-hybridized carbons (Fsp3) is 0.273. The molecule has 1 aliphatic rings. The Hall–Kier alpha value is -5.38. The van der Waals surface area contributed by atoms with E-state index in [1.165, 1.54) is 11.1 Å². The molecule has 1 unspecified atom stereocenters. The quantitative estimate of drug-likeness (QED) is 0.141. The number of methoxy groups -OCH3 is 1. The van der Waals surface area contributed by atoms with Crippen LogP contribution in [-0.2, 0) is 16.1 Å². The van der Waals surface area contributed by atoms with Gasteiger partial charge in [-0.2, -0.15) is 31.4 Å². The van der Waals surface area contributed by atoms with Crippen LogP contribution in [-0.4, -0.2) is 79.8 Å². The topological polar surface area (TPSA) is 144 Å². The largest absolute Gasteiger partial charge is 0.497 e. The molecule has 0 spiro atoms. The fourth-order valence-electron chi connectivity index (χ4n) is 5.34. The van der Waals surface area contributed by atoms with Gasteiger partial charge in [-0.1, -0.05) is 48.5 Å². The van der Waals surface area contributed by atoms with Crippen LogP contribution in [0.2, 0.25) is 0 Å². The standard InChI is InChI=1S/C29H29N5O.2C2HF3O2/c1-19-24(15-30-33-19)22-10-13-27-28(14-22)32-29(31-27)26-18-34(16-20-6-4-3-5-7-20)17-25(26)21-8-11-23(35-2)12-9-21;2*3-2(4,5)1(6)7/h3-15,25-26H,16-18H2,1-2H3,(H,30,33)(H,31,32);2*(H,6,7)/t25-,26?;;/m0../s1. The number of alkyl halides is 6. The highest BCUT2D eigenvalue weighted by Crippen LogP contribution is 2.40. The average Bonchev–Trinajstić information content (AvgIpc) is 3.79. The lowest BCUT2D eigenvalue weighted by Gasteiger charge is -2.17. The van der Waals surface area contributed by atoms with E-state index in [1.54, 1.807) is 7.11 Å². The molecule has 4 N–H and O–H groups in total. The molecule has 6 rings (SSSR count). The molecule has 3 aromatic carbocycles. The summed E-state index contributed by atoms with van der Waals surface area (Å²) >= 11 is 0. The Morgan fingerprint density at radius 2 is 1.49 bits per heavy atom. The van der Waals surface area contributed by atoms with Crippen LogP contribution < -0.4 is 4.74 Å². The number of H-pyrrole nitrogens is 2. The Labute approximate surface area is 275 Å². The van der Waals surface area contributed by atoms with Crippen LogP contribution in [0.15, 0.2) is 79.0 Å². The van der Waals surface area contributed by atoms with Gasteiger partial charge in [0, 0.05) is 42.7 Å². The van der Waals surface area contributed by atoms with Crippen LogP contribution >= 0.6 is 0 Å². The summed E-state index contributed by atoms with van der Waals surface area (Å²) in [7, 11) is 1.71. The van der Waals surface area contributed by atoms with Gasteiger partial charge in [-0.05, 0) is 47.9 Å². The minimum absolute atomic E-state index is 0.276. The third-order valence-corrected chi connectivity index (χ3v) is 7.67. The number of benzene rings is 3. The van der Waals surface area contributed by atoms with Gasteiger partial charge in [0.15, 0.2) is 0 Å². The molecule has 2 aromatic heterocycles. The van der Waals surface area contributed by atoms with Gasteiger partial charge >= 0.3 is 24.3 Å². The number of hydrogen-bond donors (Lipinski definition) is 4. The summed E-state index contributed by atoms with van der Waals surface area (Å²) in [4.78, 5) is 29.1. The summed E-state index contributed by atoms with van der Waals surface area (Å²) in [5.74, 6) is -2.95. The lowest BCUT2D eigenvalue weighted by molar-refractivity contribution is -0.193. The number of likely N-dealkylation sites (tertiary alicyclic amines) is 1. The Kier molecular flexibility index (Phi) is 11.3. The maximum atomic E-state index is 10.6. The van der Waals surface area contributed by atoms with E-state index in [9.17, 15) is 26.3 Å². The van der Waals surface area contributed by atoms with Crippen molar-refractivity contribution in [1.29, 1.82) is 0 Å². The van der Waals surface area contributed by atoms with Crippen molar-refractivity contribution in [2.24, 2.45) is 0 Å². The first-order valence-electron chi connectivity index (χ1n) is 14.6. The maximum Gasteiger partial charge on any atom is 0.490 e. The summed E-state index contributed by atoms with van der Waals surface area (Å²) in [6.45, 7) is 4.93. The number of fused-ring (bicyclic) bond motifs is 1. The SMILES string of the molecule is COc1ccc([C@@H]2CN(Cc3ccccc3)CC2c2nc3ccc(-c4cn[nH]c4C)cc3[nH]2)cc1.O=C(O)C(F)(F)F.O=C(O)C(F)(F)F. The highest BCUT2D eigenvalue weighted by atomic mass is 19.4. The second-order valence-electron chi connectivity index (χ2n) is 11.0. The van der Waals surface area contributed by atoms with E-state index in [4.69, 9.17) is 29.5 Å². The smallest absolute Gasteiger partial charge is 0.490 e. The number of ether oxygens (including phenoxy) is 1. The van der Waals surface area contributed by atoms with Crippen LogP contribution in [0.5, 0.6) is 5.75 Å². The van der Waals surface area contributed by atoms with Crippen LogP contribution in [0.25, 0.3) is 22.2 Å². The van der Waals surface area contributed by atoms with Gasteiger partial charge in [-0.25, -0.2) is 14.6 Å². The summed E-state index contributed by atoms with van der Waals surface area (Å²) in [6.07, 6.45) is -8.29. The Bertz CT molecular complexity index is 1830. The molecule has 1 fully saturated rings. The lowest BCUT2D eigenvalue weighted by Crippen LogP contribution is -2.21. The van der Waals surface area contributed by atoms with Crippen molar-refractivity contribution in [3.05, 3.63) is 102 Å². The molecule has 2 atom stereocenters. The second-order valence-corrected chi connectivity index (χ2v) is 11.0. The number of nitrogens with zero attached hydrogens (tertiary/aromatic N) is 3. The number of carbonyl (C=O) groups is 2. The lowest BCUT2D eigenvalue weighted by atomic mass is 9.88. The summed E-state index contributed by atoms with van der Waals surface area (Å²) in [5, 5.41) is 21.5. The first kappa shape index (κ1) is 36.5. The first-order valence-corrected chi connectivity index (χ1v) is 14.6. The number of nitrogens with one attached hydrogen (secondary N) is 2. The Morgan fingerprint density at radius 1 is 0.898 bits per heavy atom. The van der Waals surface area contributed by atoms with Crippen molar-refractivity contribution in [2.45, 2.75) is 37.7 Å². The zero-order valence-electron chi connectivity index (χ0n) is 26.0. The highest BCUT2D eigenvalue weighted by Gasteiger charge is 2.39. The van der Waals surface area contributed by atoms with Crippen molar-refractivity contribution in [1.82, 2.24) is 25.1 Å². The minimum atomic E-state index is -5.08. The van der Waals surface area contributed by atoms with Crippen molar-refractivity contribution in [2.75, 3.05) is 20.2 Å². The first-order chi connectivity index (χ1) is 23.1. The van der Waals surface area contributed by atoms with Crippen LogP contribution in [0, 0.1) is 6.92 Å². The van der Waals surface area contributed by atoms with Crippen molar-refractivity contribution in [3.63, 3.8) is 0 Å². The molecule has 0 saturated carbocycles. The zero-order chi connectivity index (χ0) is 35.9. The molecule has 0 bridgehead atoms. The maximum absolute atomic E-state index is 10.6. The summed E-state index contributed by atoms with van der Waals surface area (Å²) in [5.41, 5.74) is 8.05. The van der Waals surface area contributed by atoms with Crippen molar-refractivity contribution in [3.8, 4) is 16.9 Å². The van der Waals surface area contributed by atoms with Gasteiger partial charge in [0.25, 0.3) is 0 Å². The predicted octanol–water partition coefficient (Wildman–Crippen LogP) is 6.92.